The zero-order valence-electron chi connectivity index (χ0n) is 22.0. The van der Waals surface area contributed by atoms with E-state index in [0.29, 0.717) is 32.1 Å². The maximum atomic E-state index is 15.1. The molecule has 0 N–H and O–H groups in total. The van der Waals surface area contributed by atoms with Crippen LogP contribution < -0.4 is 14.2 Å². The van der Waals surface area contributed by atoms with Crippen LogP contribution in [0.25, 0.3) is 0 Å². The van der Waals surface area contributed by atoms with Gasteiger partial charge in [-0.1, -0.05) is 19.1 Å². The molecule has 40 heavy (non-hydrogen) atoms. The Morgan fingerprint density at radius 1 is 0.650 bits per heavy atom. The molecular formula is C30H28F6O4. The summed E-state index contributed by atoms with van der Waals surface area (Å²) in [6.45, 7) is 3.77. The number of halogens is 6. The first-order valence-electron chi connectivity index (χ1n) is 13.1. The van der Waals surface area contributed by atoms with Crippen LogP contribution in [0.4, 0.5) is 26.3 Å². The van der Waals surface area contributed by atoms with Crippen LogP contribution in [0.15, 0.2) is 36.4 Å². The van der Waals surface area contributed by atoms with Crippen molar-refractivity contribution in [2.75, 3.05) is 13.2 Å². The van der Waals surface area contributed by atoms with E-state index in [1.807, 2.05) is 0 Å². The summed E-state index contributed by atoms with van der Waals surface area (Å²) >= 11 is 0. The van der Waals surface area contributed by atoms with Gasteiger partial charge in [0.2, 0.25) is 17.5 Å². The predicted molar refractivity (Wildman–Crippen MR) is 135 cm³/mol. The van der Waals surface area contributed by atoms with Gasteiger partial charge in [0.1, 0.15) is 0 Å². The predicted octanol–water partition coefficient (Wildman–Crippen LogP) is 8.37. The summed E-state index contributed by atoms with van der Waals surface area (Å²) in [7, 11) is 0. The lowest BCUT2D eigenvalue weighted by Crippen LogP contribution is -2.17. The van der Waals surface area contributed by atoms with Gasteiger partial charge in [0, 0.05) is 0 Å². The Bertz CT molecular complexity index is 1390. The van der Waals surface area contributed by atoms with E-state index in [1.165, 1.54) is 18.2 Å². The van der Waals surface area contributed by atoms with Gasteiger partial charge in [-0.05, 0) is 86.3 Å². The first-order valence-corrected chi connectivity index (χ1v) is 13.1. The number of esters is 1. The van der Waals surface area contributed by atoms with Crippen LogP contribution in [0, 0.1) is 34.9 Å². The van der Waals surface area contributed by atoms with Crippen LogP contribution in [0.3, 0.4) is 0 Å². The summed E-state index contributed by atoms with van der Waals surface area (Å²) in [4.78, 5) is 12.5. The fraction of sp³-hybridized carbons (Fsp3) is 0.367. The molecule has 0 saturated heterocycles. The van der Waals surface area contributed by atoms with Crippen molar-refractivity contribution in [2.45, 2.75) is 57.8 Å². The number of carbonyl (C=O) groups is 1. The average molecular weight is 567 g/mol. The standard InChI is InChI=1S/C30H28F6O4/c1-3-15-39-22-13-14-23(29(36)28(22)35)40-30(37)20-10-9-18(24(31)26(20)33)16-5-7-17(8-6-16)19-11-12-21(38-4-2)27(34)25(19)32/h9-14,16-17H,3-8,15H2,1-2H3. The van der Waals surface area contributed by atoms with Crippen LogP contribution in [0.5, 0.6) is 17.2 Å². The molecule has 0 aliphatic heterocycles. The molecule has 4 rings (SSSR count). The topological polar surface area (TPSA) is 44.8 Å². The lowest BCUT2D eigenvalue weighted by atomic mass is 9.75. The van der Waals surface area contributed by atoms with E-state index in [1.54, 1.807) is 13.8 Å². The number of carbonyl (C=O) groups excluding carboxylic acids is 1. The minimum absolute atomic E-state index is 0.0282. The fourth-order valence-corrected chi connectivity index (χ4v) is 4.95. The van der Waals surface area contributed by atoms with Crippen molar-refractivity contribution >= 4 is 5.97 Å². The van der Waals surface area contributed by atoms with Crippen molar-refractivity contribution in [3.63, 3.8) is 0 Å². The summed E-state index contributed by atoms with van der Waals surface area (Å²) < 4.78 is 102. The molecule has 0 amide bonds. The van der Waals surface area contributed by atoms with Crippen molar-refractivity contribution in [3.8, 4) is 17.2 Å². The smallest absolute Gasteiger partial charge is 0.346 e. The first-order chi connectivity index (χ1) is 19.2. The van der Waals surface area contributed by atoms with Crippen LogP contribution in [0.1, 0.15) is 79.3 Å². The molecule has 0 bridgehead atoms. The second-order valence-corrected chi connectivity index (χ2v) is 9.52. The molecule has 0 unspecified atom stereocenters. The lowest BCUT2D eigenvalue weighted by molar-refractivity contribution is 0.0720. The molecule has 0 spiro atoms. The van der Waals surface area contributed by atoms with Crippen molar-refractivity contribution in [1.82, 2.24) is 0 Å². The molecule has 0 atom stereocenters. The number of benzene rings is 3. The van der Waals surface area contributed by atoms with Crippen LogP contribution in [-0.4, -0.2) is 19.2 Å². The zero-order chi connectivity index (χ0) is 29.0. The molecule has 3 aromatic rings. The van der Waals surface area contributed by atoms with E-state index >= 15 is 4.39 Å². The van der Waals surface area contributed by atoms with Gasteiger partial charge in [0.25, 0.3) is 0 Å². The van der Waals surface area contributed by atoms with Gasteiger partial charge < -0.3 is 14.2 Å². The van der Waals surface area contributed by atoms with E-state index < -0.39 is 58.1 Å². The molecule has 1 saturated carbocycles. The summed E-state index contributed by atoms with van der Waals surface area (Å²) in [6, 6.07) is 7.16. The summed E-state index contributed by atoms with van der Waals surface area (Å²) in [6.07, 6.45) is 2.11. The average Bonchev–Trinajstić information content (AvgIpc) is 2.95. The monoisotopic (exact) mass is 566 g/mol. The second kappa shape index (κ2) is 12.7. The lowest BCUT2D eigenvalue weighted by Gasteiger charge is -2.30. The zero-order valence-corrected chi connectivity index (χ0v) is 22.0. The van der Waals surface area contributed by atoms with Crippen molar-refractivity contribution in [2.24, 2.45) is 0 Å². The molecule has 10 heteroatoms. The summed E-state index contributed by atoms with van der Waals surface area (Å²) in [5, 5.41) is 0. The van der Waals surface area contributed by atoms with Gasteiger partial charge in [-0.2, -0.15) is 13.2 Å². The van der Waals surface area contributed by atoms with Crippen molar-refractivity contribution in [1.29, 1.82) is 0 Å². The molecule has 4 nitrogen and oxygen atoms in total. The Balaban J connectivity index is 1.45. The SMILES string of the molecule is CCCOc1ccc(OC(=O)c2ccc(C3CCC(c4ccc(OCC)c(F)c4F)CC3)c(F)c2F)c(F)c1F. The molecular weight excluding hydrogens is 538 g/mol. The number of hydrogen-bond donors (Lipinski definition) is 0. The molecule has 0 heterocycles. The Hall–Kier alpha value is -3.69. The van der Waals surface area contributed by atoms with Gasteiger partial charge in [0.15, 0.2) is 34.7 Å². The van der Waals surface area contributed by atoms with Crippen LogP contribution in [0.2, 0.25) is 0 Å². The second-order valence-electron chi connectivity index (χ2n) is 9.52. The van der Waals surface area contributed by atoms with Crippen LogP contribution in [-0.2, 0) is 0 Å². The minimum Gasteiger partial charge on any atom is -0.491 e. The third-order valence-electron chi connectivity index (χ3n) is 6.99. The van der Waals surface area contributed by atoms with Gasteiger partial charge >= 0.3 is 5.97 Å². The third-order valence-corrected chi connectivity index (χ3v) is 6.99. The van der Waals surface area contributed by atoms with Gasteiger partial charge in [-0.15, -0.1) is 0 Å². The van der Waals surface area contributed by atoms with Crippen molar-refractivity contribution < 1.29 is 45.3 Å². The molecule has 0 aromatic heterocycles. The van der Waals surface area contributed by atoms with Crippen molar-refractivity contribution in [3.05, 3.63) is 88.0 Å². The van der Waals surface area contributed by atoms with E-state index in [2.05, 4.69) is 0 Å². The van der Waals surface area contributed by atoms with Gasteiger partial charge in [-0.25, -0.2) is 18.0 Å². The highest BCUT2D eigenvalue weighted by Gasteiger charge is 2.31. The summed E-state index contributed by atoms with van der Waals surface area (Å²) in [5.74, 6) is -11.1. The maximum absolute atomic E-state index is 15.1. The van der Waals surface area contributed by atoms with E-state index in [-0.39, 0.29) is 41.8 Å². The Kier molecular flexibility index (Phi) is 9.27. The largest absolute Gasteiger partial charge is 0.491 e. The Labute approximate surface area is 227 Å². The highest BCUT2D eigenvalue weighted by atomic mass is 19.2. The highest BCUT2D eigenvalue weighted by Crippen LogP contribution is 2.43. The Morgan fingerprint density at radius 3 is 1.73 bits per heavy atom. The maximum Gasteiger partial charge on any atom is 0.346 e. The Morgan fingerprint density at radius 2 is 1.12 bits per heavy atom. The quantitative estimate of drug-likeness (QED) is 0.148. The number of rotatable bonds is 9. The van der Waals surface area contributed by atoms with Gasteiger partial charge in [-0.3, -0.25) is 0 Å². The number of hydrogen-bond acceptors (Lipinski definition) is 4. The molecule has 1 fully saturated rings. The number of ether oxygens (including phenoxy) is 3. The molecule has 1 aliphatic carbocycles. The van der Waals surface area contributed by atoms with E-state index in [0.717, 1.165) is 18.2 Å². The summed E-state index contributed by atoms with van der Waals surface area (Å²) in [5.41, 5.74) is -0.550. The highest BCUT2D eigenvalue weighted by molar-refractivity contribution is 5.91. The molecule has 1 aliphatic rings. The minimum atomic E-state index is -1.50. The third kappa shape index (κ3) is 5.90. The fourth-order valence-electron chi connectivity index (χ4n) is 4.95. The van der Waals surface area contributed by atoms with Gasteiger partial charge in [0.05, 0.1) is 18.8 Å². The van der Waals surface area contributed by atoms with Crippen LogP contribution >= 0.6 is 0 Å². The normalized spacial score (nSPS) is 17.0. The molecule has 214 valence electrons. The first kappa shape index (κ1) is 29.3. The van der Waals surface area contributed by atoms with E-state index in [9.17, 15) is 26.7 Å². The molecule has 0 radical (unpaired) electrons. The molecule has 3 aromatic carbocycles. The van der Waals surface area contributed by atoms with E-state index in [4.69, 9.17) is 14.2 Å².